The first kappa shape index (κ1) is 38.6. The monoisotopic (exact) mass is 775 g/mol. The highest BCUT2D eigenvalue weighted by atomic mass is 32.1. The Hall–Kier alpha value is -5.27. The molecule has 1 saturated heterocycles. The van der Waals surface area contributed by atoms with Gasteiger partial charge in [-0.15, -0.1) is 0 Å². The molecule has 4 aromatic carbocycles. The normalized spacial score (nSPS) is 23.3. The molecule has 0 aromatic heterocycles. The van der Waals surface area contributed by atoms with Gasteiger partial charge in [0.05, 0.1) is 0 Å². The molecule has 8 rings (SSSR count). The highest BCUT2D eigenvalue weighted by Gasteiger charge is 2.46. The molecule has 2 fully saturated rings. The van der Waals surface area contributed by atoms with E-state index in [0.29, 0.717) is 23.8 Å². The van der Waals surface area contributed by atoms with E-state index < -0.39 is 0 Å². The van der Waals surface area contributed by atoms with Crippen LogP contribution in [0.3, 0.4) is 0 Å². The van der Waals surface area contributed by atoms with Gasteiger partial charge < -0.3 is 9.80 Å². The van der Waals surface area contributed by atoms with Gasteiger partial charge in [-0.05, 0) is 127 Å². The lowest BCUT2D eigenvalue weighted by Gasteiger charge is -2.35. The first-order valence-corrected chi connectivity index (χ1v) is 21.2. The molecule has 7 heteroatoms. The predicted molar refractivity (Wildman–Crippen MR) is 243 cm³/mol. The Balaban J connectivity index is 1.31. The van der Waals surface area contributed by atoms with E-state index in [4.69, 9.17) is 12.2 Å². The number of amides is 2. The molecule has 0 atom stereocenters. The molecule has 6 nitrogen and oxygen atoms in total. The van der Waals surface area contributed by atoms with Crippen LogP contribution >= 0.6 is 12.2 Å². The molecule has 0 bridgehead atoms. The average Bonchev–Trinajstić information content (AvgIpc) is 3.57. The molecule has 1 N–H and O–H groups in total. The quantitative estimate of drug-likeness (QED) is 0.0847. The second-order valence-electron chi connectivity index (χ2n) is 16.6. The van der Waals surface area contributed by atoms with E-state index in [1.165, 1.54) is 55.4 Å². The van der Waals surface area contributed by atoms with Crippen molar-refractivity contribution in [2.24, 2.45) is 0 Å². The maximum atomic E-state index is 14.6. The van der Waals surface area contributed by atoms with Gasteiger partial charge in [0.15, 0.2) is 10.7 Å². The van der Waals surface area contributed by atoms with E-state index >= 15 is 0 Å². The van der Waals surface area contributed by atoms with E-state index in [0.717, 1.165) is 49.1 Å². The number of thiocarbonyl (C=S) groups is 1. The Morgan fingerprint density at radius 3 is 1.47 bits per heavy atom. The summed E-state index contributed by atoms with van der Waals surface area (Å²) in [6, 6.07) is 26.3. The first-order valence-electron chi connectivity index (χ1n) is 20.8. The topological polar surface area (TPSA) is 51.4 Å². The number of hydrogen-bond donors (Lipinski definition) is 0. The Bertz CT molecular complexity index is 2360. The lowest BCUT2D eigenvalue weighted by molar-refractivity contribution is -0.123. The first-order chi connectivity index (χ1) is 27.4. The number of likely N-dealkylation sites (N-methyl/N-ethyl adjacent to an activating group) is 4. The molecule has 1 saturated carbocycles. The van der Waals surface area contributed by atoms with Crippen molar-refractivity contribution < 1.29 is 9.59 Å². The molecular weight excluding hydrogens is 721 g/mol. The molecule has 4 aromatic rings. The van der Waals surface area contributed by atoms with E-state index in [-0.39, 0.29) is 22.6 Å². The Morgan fingerprint density at radius 1 is 0.596 bits per heavy atom. The van der Waals surface area contributed by atoms with Crippen molar-refractivity contribution in [1.29, 1.82) is 0 Å². The molecule has 292 valence electrons. The van der Waals surface area contributed by atoms with Gasteiger partial charge in [-0.3, -0.25) is 14.5 Å². The van der Waals surface area contributed by atoms with Gasteiger partial charge in [0.2, 0.25) is 0 Å². The molecule has 3 heterocycles. The van der Waals surface area contributed by atoms with Gasteiger partial charge in [0.25, 0.3) is 5.91 Å². The van der Waals surface area contributed by atoms with Crippen LogP contribution in [0.5, 0.6) is 0 Å². The summed E-state index contributed by atoms with van der Waals surface area (Å²) in [6.45, 7) is 20.2. The van der Waals surface area contributed by atoms with Gasteiger partial charge in [-0.2, -0.15) is 0 Å². The predicted octanol–water partition coefficient (Wildman–Crippen LogP) is 11.0. The Morgan fingerprint density at radius 2 is 1.04 bits per heavy atom. The fraction of sp³-hybridized carbons (Fsp3) is 0.340. The number of nitrogens with zero attached hydrogens (tertiary/aromatic N) is 4. The molecule has 0 spiro atoms. The number of carbonyl (C=O) groups excluding carboxylic acids is 2. The number of hydrogen-bond acceptors (Lipinski definition) is 4. The lowest BCUT2D eigenvalue weighted by Crippen LogP contribution is -2.56. The Kier molecular flexibility index (Phi) is 9.88. The van der Waals surface area contributed by atoms with Crippen molar-refractivity contribution in [3.8, 4) is 0 Å². The van der Waals surface area contributed by atoms with E-state index in [1.54, 1.807) is 9.80 Å². The number of allylic oxidation sites excluding steroid dienone is 9. The second kappa shape index (κ2) is 14.6. The third-order valence-electron chi connectivity index (χ3n) is 12.8. The minimum absolute atomic E-state index is 0.0586. The molecule has 57 heavy (non-hydrogen) atoms. The molecule has 2 amide bonds. The Labute approximate surface area is 343 Å². The van der Waals surface area contributed by atoms with Gasteiger partial charge in [-0.1, -0.05) is 101 Å². The SMILES string of the molecule is CCN1C(=O)C(=C2/C(=C/C=C3N(CC)c4ccc5ccccc5c4C3(C)C)CCC/C2=C\C=C2\N(CC)c3ccc4ccccc4c3C2(C)C)C(=[OH+])N(CC)C1=S. The molecule has 4 aliphatic rings. The third kappa shape index (κ3) is 5.91. The van der Waals surface area contributed by atoms with Gasteiger partial charge >= 0.3 is 5.91 Å². The van der Waals surface area contributed by atoms with Crippen molar-refractivity contribution in [2.45, 2.75) is 85.5 Å². The zero-order valence-electron chi connectivity index (χ0n) is 34.7. The highest BCUT2D eigenvalue weighted by molar-refractivity contribution is 7.80. The van der Waals surface area contributed by atoms with Crippen LogP contribution in [0.25, 0.3) is 21.5 Å². The highest BCUT2D eigenvalue weighted by Crippen LogP contribution is 2.52. The van der Waals surface area contributed by atoms with Crippen molar-refractivity contribution in [3.05, 3.63) is 142 Å². The van der Waals surface area contributed by atoms with Crippen LogP contribution in [0.4, 0.5) is 11.4 Å². The van der Waals surface area contributed by atoms with Crippen LogP contribution in [0.15, 0.2) is 131 Å². The van der Waals surface area contributed by atoms with Crippen LogP contribution < -0.4 is 9.80 Å². The maximum Gasteiger partial charge on any atom is 0.437 e. The minimum Gasteiger partial charge on any atom is -0.344 e. The lowest BCUT2D eigenvalue weighted by atomic mass is 9.78. The largest absolute Gasteiger partial charge is 0.437 e. The van der Waals surface area contributed by atoms with Crippen molar-refractivity contribution in [1.82, 2.24) is 9.80 Å². The summed E-state index contributed by atoms with van der Waals surface area (Å²) in [6.07, 6.45) is 11.5. The smallest absolute Gasteiger partial charge is 0.344 e. The number of rotatable bonds is 6. The summed E-state index contributed by atoms with van der Waals surface area (Å²) in [7, 11) is 0. The third-order valence-corrected chi connectivity index (χ3v) is 13.3. The van der Waals surface area contributed by atoms with Crippen LogP contribution in [0.2, 0.25) is 0 Å². The number of carbonyl (C=O) groups is 1. The zero-order chi connectivity index (χ0) is 40.4. The fourth-order valence-corrected chi connectivity index (χ4v) is 10.6. The van der Waals surface area contributed by atoms with E-state index in [9.17, 15) is 9.59 Å². The zero-order valence-corrected chi connectivity index (χ0v) is 35.6. The summed E-state index contributed by atoms with van der Waals surface area (Å²) in [5, 5.41) is 5.39. The van der Waals surface area contributed by atoms with Crippen LogP contribution in [0, 0.1) is 0 Å². The number of fused-ring (bicyclic) bond motifs is 6. The maximum absolute atomic E-state index is 14.6. The van der Waals surface area contributed by atoms with Crippen LogP contribution in [-0.4, -0.2) is 57.7 Å². The molecular formula is C50H55N4O2S+. The van der Waals surface area contributed by atoms with Crippen molar-refractivity contribution in [3.63, 3.8) is 0 Å². The summed E-state index contributed by atoms with van der Waals surface area (Å²) in [4.78, 5) is 34.8. The second-order valence-corrected chi connectivity index (χ2v) is 17.0. The molecule has 0 unspecified atom stereocenters. The summed E-state index contributed by atoms with van der Waals surface area (Å²) < 4.78 is 0. The minimum atomic E-state index is -0.260. The number of anilines is 2. The molecule has 3 aliphatic heterocycles. The van der Waals surface area contributed by atoms with Crippen LogP contribution in [-0.2, 0) is 15.6 Å². The number of benzene rings is 4. The standard InChI is InChI=1S/C50H54N4O2S/c1-9-51-38-28-24-32-18-13-15-22-36(32)44(38)49(5,6)40(51)30-26-34-20-17-21-35(42(34)43-46(55)53(11-3)48(57)54(12-4)47(43)56)27-31-41-50(7,8)45-37-23-16-14-19-33(37)25-29-39(45)52(41)10-2/h13-16,18-19,22-31H,9-12,17,20-21H2,1-8H3/p+1/b34-26+,35-27+,40-30+,41-31?. The van der Waals surface area contributed by atoms with Crippen LogP contribution in [0.1, 0.15) is 85.8 Å². The van der Waals surface area contributed by atoms with E-state index in [2.05, 4.69) is 148 Å². The van der Waals surface area contributed by atoms with Crippen molar-refractivity contribution in [2.75, 3.05) is 36.0 Å². The summed E-state index contributed by atoms with van der Waals surface area (Å²) in [5.41, 5.74) is 10.3. The molecule has 1 aliphatic carbocycles. The van der Waals surface area contributed by atoms with Gasteiger partial charge in [-0.25, -0.2) is 4.90 Å². The van der Waals surface area contributed by atoms with Gasteiger partial charge in [0, 0.05) is 65.4 Å². The summed E-state index contributed by atoms with van der Waals surface area (Å²) in [5.74, 6) is -0.305. The van der Waals surface area contributed by atoms with Crippen molar-refractivity contribution >= 4 is 62.1 Å². The summed E-state index contributed by atoms with van der Waals surface area (Å²) >= 11 is 5.77. The molecule has 0 radical (unpaired) electrons. The van der Waals surface area contributed by atoms with Gasteiger partial charge in [0.1, 0.15) is 0 Å². The average molecular weight is 776 g/mol. The van der Waals surface area contributed by atoms with E-state index in [1.807, 2.05) is 13.8 Å². The fourth-order valence-electron chi connectivity index (χ4n) is 10.2.